The minimum atomic E-state index is -0.174. The van der Waals surface area contributed by atoms with Gasteiger partial charge in [0.05, 0.1) is 0 Å². The van der Waals surface area contributed by atoms with Crippen LogP contribution in [-0.4, -0.2) is 47.3 Å². The smallest absolute Gasteiger partial charge is 0.246 e. The summed E-state index contributed by atoms with van der Waals surface area (Å²) in [6.45, 7) is 5.57. The highest BCUT2D eigenvalue weighted by molar-refractivity contribution is 5.95. The molecule has 88 valence electrons. The standard InChI is InChI=1S/C12H18N2O2/c1-9(2)5-7-13-8-11(15)14-6-3-4-10(14)12(13)16/h5,10H,3-4,6-8H2,1-2H3. The molecule has 0 aromatic carbocycles. The van der Waals surface area contributed by atoms with Crippen LogP contribution in [0.25, 0.3) is 0 Å². The molecule has 0 aromatic rings. The Labute approximate surface area is 95.9 Å². The van der Waals surface area contributed by atoms with Crippen LogP contribution in [0.4, 0.5) is 0 Å². The monoisotopic (exact) mass is 222 g/mol. The number of carbonyl (C=O) groups excluding carboxylic acids is 2. The molecule has 2 heterocycles. The summed E-state index contributed by atoms with van der Waals surface area (Å²) in [5.41, 5.74) is 1.18. The van der Waals surface area contributed by atoms with E-state index in [1.165, 1.54) is 5.57 Å². The summed E-state index contributed by atoms with van der Waals surface area (Å²) in [4.78, 5) is 27.3. The van der Waals surface area contributed by atoms with Gasteiger partial charge in [0.1, 0.15) is 12.6 Å². The fourth-order valence-electron chi connectivity index (χ4n) is 2.31. The third-order valence-electron chi connectivity index (χ3n) is 3.22. The highest BCUT2D eigenvalue weighted by Gasteiger charge is 2.41. The second kappa shape index (κ2) is 4.28. The van der Waals surface area contributed by atoms with Crippen molar-refractivity contribution in [2.75, 3.05) is 19.6 Å². The van der Waals surface area contributed by atoms with Gasteiger partial charge in [-0.05, 0) is 26.7 Å². The fourth-order valence-corrected chi connectivity index (χ4v) is 2.31. The normalized spacial score (nSPS) is 24.8. The van der Waals surface area contributed by atoms with E-state index in [-0.39, 0.29) is 24.4 Å². The van der Waals surface area contributed by atoms with Gasteiger partial charge in [-0.3, -0.25) is 9.59 Å². The minimum absolute atomic E-state index is 0.101. The Morgan fingerprint density at radius 3 is 2.88 bits per heavy atom. The number of rotatable bonds is 2. The molecule has 4 nitrogen and oxygen atoms in total. The lowest BCUT2D eigenvalue weighted by molar-refractivity contribution is -0.152. The van der Waals surface area contributed by atoms with Crippen LogP contribution in [-0.2, 0) is 9.59 Å². The summed E-state index contributed by atoms with van der Waals surface area (Å²) in [6.07, 6.45) is 3.78. The van der Waals surface area contributed by atoms with E-state index < -0.39 is 0 Å². The highest BCUT2D eigenvalue weighted by Crippen LogP contribution is 2.23. The van der Waals surface area contributed by atoms with E-state index in [1.54, 1.807) is 9.80 Å². The number of carbonyl (C=O) groups is 2. The van der Waals surface area contributed by atoms with Crippen LogP contribution in [0.5, 0.6) is 0 Å². The summed E-state index contributed by atoms with van der Waals surface area (Å²) in [6, 6.07) is -0.174. The molecule has 2 aliphatic rings. The van der Waals surface area contributed by atoms with Crippen molar-refractivity contribution >= 4 is 11.8 Å². The van der Waals surface area contributed by atoms with E-state index in [9.17, 15) is 9.59 Å². The van der Waals surface area contributed by atoms with Crippen molar-refractivity contribution in [3.8, 4) is 0 Å². The number of allylic oxidation sites excluding steroid dienone is 1. The third-order valence-corrected chi connectivity index (χ3v) is 3.22. The van der Waals surface area contributed by atoms with Gasteiger partial charge in [0, 0.05) is 13.1 Å². The quantitative estimate of drug-likeness (QED) is 0.648. The van der Waals surface area contributed by atoms with Crippen LogP contribution in [0.3, 0.4) is 0 Å². The van der Waals surface area contributed by atoms with E-state index in [1.807, 2.05) is 19.9 Å². The zero-order valence-corrected chi connectivity index (χ0v) is 9.90. The molecule has 16 heavy (non-hydrogen) atoms. The Hall–Kier alpha value is -1.32. The van der Waals surface area contributed by atoms with E-state index >= 15 is 0 Å². The molecule has 2 amide bonds. The third kappa shape index (κ3) is 1.96. The first-order valence-corrected chi connectivity index (χ1v) is 5.81. The lowest BCUT2D eigenvalue weighted by atomic mass is 10.1. The summed E-state index contributed by atoms with van der Waals surface area (Å²) in [5.74, 6) is 0.221. The summed E-state index contributed by atoms with van der Waals surface area (Å²) < 4.78 is 0. The molecule has 0 bridgehead atoms. The summed E-state index contributed by atoms with van der Waals surface area (Å²) >= 11 is 0. The molecule has 1 atom stereocenters. The topological polar surface area (TPSA) is 40.6 Å². The average molecular weight is 222 g/mol. The molecular weight excluding hydrogens is 204 g/mol. The van der Waals surface area contributed by atoms with Crippen molar-refractivity contribution in [3.63, 3.8) is 0 Å². The lowest BCUT2D eigenvalue weighted by Gasteiger charge is -2.35. The predicted molar refractivity (Wildman–Crippen MR) is 60.7 cm³/mol. The van der Waals surface area contributed by atoms with Crippen molar-refractivity contribution in [2.24, 2.45) is 0 Å². The average Bonchev–Trinajstić information content (AvgIpc) is 2.70. The van der Waals surface area contributed by atoms with Crippen LogP contribution in [0.1, 0.15) is 26.7 Å². The molecule has 2 rings (SSSR count). The van der Waals surface area contributed by atoms with Gasteiger partial charge in [-0.25, -0.2) is 0 Å². The van der Waals surface area contributed by atoms with Crippen molar-refractivity contribution in [1.82, 2.24) is 9.80 Å². The number of hydrogen-bond acceptors (Lipinski definition) is 2. The van der Waals surface area contributed by atoms with E-state index in [0.717, 1.165) is 19.4 Å². The highest BCUT2D eigenvalue weighted by atomic mass is 16.2. The largest absolute Gasteiger partial charge is 0.329 e. The van der Waals surface area contributed by atoms with Crippen LogP contribution < -0.4 is 0 Å². The molecule has 0 spiro atoms. The van der Waals surface area contributed by atoms with Crippen LogP contribution in [0, 0.1) is 0 Å². The Morgan fingerprint density at radius 1 is 1.44 bits per heavy atom. The molecule has 2 fully saturated rings. The van der Waals surface area contributed by atoms with Gasteiger partial charge in [-0.1, -0.05) is 11.6 Å². The maximum atomic E-state index is 12.1. The van der Waals surface area contributed by atoms with Crippen molar-refractivity contribution in [1.29, 1.82) is 0 Å². The molecular formula is C12H18N2O2. The second-order valence-corrected chi connectivity index (χ2v) is 4.75. The predicted octanol–water partition coefficient (Wildman–Crippen LogP) is 0.786. The second-order valence-electron chi connectivity index (χ2n) is 4.75. The maximum Gasteiger partial charge on any atom is 0.246 e. The first-order valence-electron chi connectivity index (χ1n) is 5.81. The Kier molecular flexibility index (Phi) is 2.99. The van der Waals surface area contributed by atoms with E-state index in [4.69, 9.17) is 0 Å². The molecule has 0 aromatic heterocycles. The van der Waals surface area contributed by atoms with Gasteiger partial charge in [0.2, 0.25) is 11.8 Å². The van der Waals surface area contributed by atoms with Crippen LogP contribution in [0.2, 0.25) is 0 Å². The Balaban J connectivity index is 2.08. The molecule has 0 saturated carbocycles. The van der Waals surface area contributed by atoms with Gasteiger partial charge in [0.25, 0.3) is 0 Å². The van der Waals surface area contributed by atoms with E-state index in [2.05, 4.69) is 0 Å². The number of piperazine rings is 1. The molecule has 1 unspecified atom stereocenters. The SMILES string of the molecule is CC(C)=CCN1CC(=O)N2CCCC2C1=O. The number of amides is 2. The summed E-state index contributed by atoms with van der Waals surface area (Å²) in [7, 11) is 0. The Bertz CT molecular complexity index is 345. The number of hydrogen-bond donors (Lipinski definition) is 0. The molecule has 0 N–H and O–H groups in total. The van der Waals surface area contributed by atoms with Gasteiger partial charge in [0.15, 0.2) is 0 Å². The van der Waals surface area contributed by atoms with Crippen LogP contribution in [0.15, 0.2) is 11.6 Å². The number of nitrogens with zero attached hydrogens (tertiary/aromatic N) is 2. The van der Waals surface area contributed by atoms with Gasteiger partial charge in [-0.2, -0.15) is 0 Å². The van der Waals surface area contributed by atoms with Crippen molar-refractivity contribution < 1.29 is 9.59 Å². The summed E-state index contributed by atoms with van der Waals surface area (Å²) in [5, 5.41) is 0. The van der Waals surface area contributed by atoms with Gasteiger partial charge in [-0.15, -0.1) is 0 Å². The Morgan fingerprint density at radius 2 is 2.19 bits per heavy atom. The van der Waals surface area contributed by atoms with E-state index in [0.29, 0.717) is 6.54 Å². The van der Waals surface area contributed by atoms with Crippen molar-refractivity contribution in [3.05, 3.63) is 11.6 Å². The molecule has 0 aliphatic carbocycles. The van der Waals surface area contributed by atoms with Gasteiger partial charge >= 0.3 is 0 Å². The zero-order valence-electron chi connectivity index (χ0n) is 9.90. The molecule has 2 aliphatic heterocycles. The fraction of sp³-hybridized carbons (Fsp3) is 0.667. The first-order chi connectivity index (χ1) is 7.59. The maximum absolute atomic E-state index is 12.1. The van der Waals surface area contributed by atoms with Gasteiger partial charge < -0.3 is 9.80 Å². The molecule has 2 saturated heterocycles. The van der Waals surface area contributed by atoms with Crippen LogP contribution >= 0.6 is 0 Å². The first kappa shape index (κ1) is 11.2. The zero-order chi connectivity index (χ0) is 11.7. The molecule has 4 heteroatoms. The lowest BCUT2D eigenvalue weighted by Crippen LogP contribution is -2.57. The molecule has 0 radical (unpaired) electrons. The minimum Gasteiger partial charge on any atom is -0.329 e. The number of fused-ring (bicyclic) bond motifs is 1. The van der Waals surface area contributed by atoms with Crippen molar-refractivity contribution in [2.45, 2.75) is 32.7 Å².